The lowest BCUT2D eigenvalue weighted by atomic mass is 10.1. The van der Waals surface area contributed by atoms with Crippen LogP contribution in [0.3, 0.4) is 0 Å². The van der Waals surface area contributed by atoms with E-state index in [9.17, 15) is 19.5 Å². The Hall–Kier alpha value is -2.76. The van der Waals surface area contributed by atoms with E-state index in [1.807, 2.05) is 39.2 Å². The number of hydrogen-bond donors (Lipinski definition) is 1. The number of nitrogens with zero attached hydrogens (tertiary/aromatic N) is 5. The predicted molar refractivity (Wildman–Crippen MR) is 120 cm³/mol. The Bertz CT molecular complexity index is 1350. The molecule has 1 aliphatic heterocycles. The zero-order chi connectivity index (χ0) is 23.5. The van der Waals surface area contributed by atoms with Crippen LogP contribution in [0.2, 0.25) is 0 Å². The lowest BCUT2D eigenvalue weighted by Crippen LogP contribution is -2.39. The number of hydroxylamine groups is 2. The molecule has 1 saturated heterocycles. The molecule has 11 heteroatoms. The molecule has 0 aromatic carbocycles. The highest BCUT2D eigenvalue weighted by Gasteiger charge is 2.33. The van der Waals surface area contributed by atoms with Crippen molar-refractivity contribution in [1.29, 1.82) is 0 Å². The van der Waals surface area contributed by atoms with Gasteiger partial charge in [0.2, 0.25) is 0 Å². The highest BCUT2D eigenvalue weighted by atomic mass is 32.1. The van der Waals surface area contributed by atoms with Crippen LogP contribution >= 0.6 is 11.3 Å². The lowest BCUT2D eigenvalue weighted by molar-refractivity contribution is -0.0778. The third-order valence-electron chi connectivity index (χ3n) is 5.90. The molecule has 0 spiro atoms. The number of aromatic nitrogens is 4. The zero-order valence-electron chi connectivity index (χ0n) is 19.0. The Morgan fingerprint density at radius 3 is 2.50 bits per heavy atom. The first-order chi connectivity index (χ1) is 15.0. The number of rotatable bonds is 4. The molecular formula is C21H27N5O5S. The Kier molecular flexibility index (Phi) is 5.60. The number of hydrogen-bond acceptors (Lipinski definition) is 7. The summed E-state index contributed by atoms with van der Waals surface area (Å²) in [6.45, 7) is 9.83. The summed E-state index contributed by atoms with van der Waals surface area (Å²) in [7, 11) is 1.41. The molecule has 1 amide bonds. The van der Waals surface area contributed by atoms with Crippen molar-refractivity contribution in [2.45, 2.75) is 53.3 Å². The minimum absolute atomic E-state index is 0.0107. The van der Waals surface area contributed by atoms with Gasteiger partial charge in [-0.2, -0.15) is 0 Å². The molecule has 0 unspecified atom stereocenters. The van der Waals surface area contributed by atoms with Gasteiger partial charge in [-0.15, -0.1) is 11.3 Å². The summed E-state index contributed by atoms with van der Waals surface area (Å²) in [6.07, 6.45) is -0.787. The van der Waals surface area contributed by atoms with Gasteiger partial charge in [-0.05, 0) is 34.6 Å². The summed E-state index contributed by atoms with van der Waals surface area (Å²) in [4.78, 5) is 50.6. The van der Waals surface area contributed by atoms with Gasteiger partial charge in [-0.25, -0.2) is 14.8 Å². The topological polar surface area (TPSA) is 112 Å². The van der Waals surface area contributed by atoms with E-state index in [0.29, 0.717) is 16.3 Å². The fraction of sp³-hybridized carbons (Fsp3) is 0.524. The van der Waals surface area contributed by atoms with Crippen molar-refractivity contribution in [3.63, 3.8) is 0 Å². The zero-order valence-corrected chi connectivity index (χ0v) is 19.8. The Morgan fingerprint density at radius 1 is 1.28 bits per heavy atom. The van der Waals surface area contributed by atoms with E-state index in [0.717, 1.165) is 26.8 Å². The van der Waals surface area contributed by atoms with Crippen molar-refractivity contribution in [3.05, 3.63) is 48.5 Å². The Balaban J connectivity index is 2.03. The number of aliphatic hydroxyl groups is 1. The Labute approximate surface area is 188 Å². The molecule has 4 rings (SSSR count). The third-order valence-corrected chi connectivity index (χ3v) is 7.07. The predicted octanol–water partition coefficient (Wildman–Crippen LogP) is 1.26. The summed E-state index contributed by atoms with van der Waals surface area (Å²) >= 11 is 1.26. The first-order valence-electron chi connectivity index (χ1n) is 10.4. The second kappa shape index (κ2) is 7.98. The minimum atomic E-state index is -0.787. The maximum absolute atomic E-state index is 13.5. The maximum atomic E-state index is 13.5. The third kappa shape index (κ3) is 3.40. The molecule has 0 radical (unpaired) electrons. The van der Waals surface area contributed by atoms with Gasteiger partial charge in [-0.3, -0.25) is 23.6 Å². The average Bonchev–Trinajstić information content (AvgIpc) is 3.38. The van der Waals surface area contributed by atoms with Gasteiger partial charge >= 0.3 is 5.69 Å². The molecule has 1 atom stereocenters. The van der Waals surface area contributed by atoms with Gasteiger partial charge in [0.15, 0.2) is 0 Å². The molecule has 32 heavy (non-hydrogen) atoms. The number of imidazole rings is 1. The van der Waals surface area contributed by atoms with E-state index in [1.165, 1.54) is 18.4 Å². The van der Waals surface area contributed by atoms with E-state index >= 15 is 0 Å². The van der Waals surface area contributed by atoms with E-state index in [1.54, 1.807) is 4.57 Å². The van der Waals surface area contributed by atoms with Crippen LogP contribution < -0.4 is 11.2 Å². The van der Waals surface area contributed by atoms with E-state index in [2.05, 4.69) is 4.98 Å². The number of thiophene rings is 1. The Morgan fingerprint density at radius 2 is 1.97 bits per heavy atom. The van der Waals surface area contributed by atoms with Crippen LogP contribution in [0.1, 0.15) is 52.3 Å². The van der Waals surface area contributed by atoms with Crippen molar-refractivity contribution >= 4 is 27.5 Å². The molecule has 0 bridgehead atoms. The molecule has 0 aliphatic carbocycles. The summed E-state index contributed by atoms with van der Waals surface area (Å²) in [5.41, 5.74) is 1.10. The van der Waals surface area contributed by atoms with E-state index in [4.69, 9.17) is 4.84 Å². The number of carbonyl (C=O) groups excluding carboxylic acids is 1. The minimum Gasteiger partial charge on any atom is -0.389 e. The first kappa shape index (κ1) is 22.4. The smallest absolute Gasteiger partial charge is 0.332 e. The van der Waals surface area contributed by atoms with Gasteiger partial charge in [0.1, 0.15) is 23.4 Å². The van der Waals surface area contributed by atoms with Crippen LogP contribution in [0, 0.1) is 20.8 Å². The standard InChI is InChI=1S/C21H27N5O5S/c1-10(2)26-20-17(18(28)23(6)21(26)30)16(19(29)25-7-14(27)9-31-25)15(32-20)8-24-12(4)11(3)22-13(24)5/h10,14,27H,7-9H2,1-6H3/t14-/m0/s1. The molecule has 3 aromatic heterocycles. The van der Waals surface area contributed by atoms with Crippen LogP contribution in [0.5, 0.6) is 0 Å². The van der Waals surface area contributed by atoms with E-state index < -0.39 is 23.3 Å². The second-order valence-corrected chi connectivity index (χ2v) is 9.51. The largest absolute Gasteiger partial charge is 0.389 e. The average molecular weight is 462 g/mol. The monoisotopic (exact) mass is 461 g/mol. The van der Waals surface area contributed by atoms with Crippen molar-refractivity contribution in [1.82, 2.24) is 23.7 Å². The number of aryl methyl sites for hydroxylation is 2. The van der Waals surface area contributed by atoms with Crippen LogP contribution in [0.4, 0.5) is 0 Å². The molecule has 172 valence electrons. The van der Waals surface area contributed by atoms with Crippen molar-refractivity contribution in [3.8, 4) is 0 Å². The SMILES string of the molecule is Cc1nc(C)n(Cc2sc3c(c2C(=O)N2C[C@H](O)CO2)c(=O)n(C)c(=O)n3C(C)C)c1C. The van der Waals surface area contributed by atoms with Gasteiger partial charge < -0.3 is 9.67 Å². The molecule has 4 heterocycles. The number of aliphatic hydroxyl groups excluding tert-OH is 1. The second-order valence-electron chi connectivity index (χ2n) is 8.42. The number of amides is 1. The van der Waals surface area contributed by atoms with Gasteiger partial charge in [0.25, 0.3) is 11.5 Å². The van der Waals surface area contributed by atoms with Gasteiger partial charge in [-0.1, -0.05) is 0 Å². The molecule has 1 N–H and O–H groups in total. The highest BCUT2D eigenvalue weighted by Crippen LogP contribution is 2.33. The maximum Gasteiger partial charge on any atom is 0.332 e. The number of carbonyl (C=O) groups is 1. The van der Waals surface area contributed by atoms with Crippen molar-refractivity contribution < 1.29 is 14.7 Å². The normalized spacial score (nSPS) is 16.6. The molecular weight excluding hydrogens is 434 g/mol. The quantitative estimate of drug-likeness (QED) is 0.626. The van der Waals surface area contributed by atoms with Crippen molar-refractivity contribution in [2.75, 3.05) is 13.2 Å². The number of fused-ring (bicyclic) bond motifs is 1. The molecule has 1 aliphatic rings. The molecule has 1 fully saturated rings. The van der Waals surface area contributed by atoms with Crippen LogP contribution in [-0.4, -0.2) is 54.0 Å². The van der Waals surface area contributed by atoms with Crippen molar-refractivity contribution in [2.24, 2.45) is 7.05 Å². The molecule has 0 saturated carbocycles. The first-order valence-corrected chi connectivity index (χ1v) is 11.2. The summed E-state index contributed by atoms with van der Waals surface area (Å²) in [5.74, 6) is 0.291. The number of β-amino-alcohol motifs (C(OH)–C–C–N with tert-alkyl or cyclic N) is 1. The fourth-order valence-corrected chi connectivity index (χ4v) is 5.46. The molecule has 3 aromatic rings. The van der Waals surface area contributed by atoms with E-state index in [-0.39, 0.29) is 30.1 Å². The fourth-order valence-electron chi connectivity index (χ4n) is 4.07. The van der Waals surface area contributed by atoms with Crippen LogP contribution in [0.25, 0.3) is 10.2 Å². The van der Waals surface area contributed by atoms with Gasteiger partial charge in [0, 0.05) is 23.7 Å². The summed E-state index contributed by atoms with van der Waals surface area (Å²) in [5, 5.41) is 11.1. The summed E-state index contributed by atoms with van der Waals surface area (Å²) < 4.78 is 4.56. The summed E-state index contributed by atoms with van der Waals surface area (Å²) in [6, 6.07) is -0.213. The van der Waals surface area contributed by atoms with Crippen LogP contribution in [-0.2, 0) is 18.4 Å². The molecule has 10 nitrogen and oxygen atoms in total. The highest BCUT2D eigenvalue weighted by molar-refractivity contribution is 7.19. The van der Waals surface area contributed by atoms with Crippen LogP contribution in [0.15, 0.2) is 9.59 Å². The van der Waals surface area contributed by atoms with Gasteiger partial charge in [0.05, 0.1) is 29.7 Å². The lowest BCUT2D eigenvalue weighted by Gasteiger charge is -2.16.